The van der Waals surface area contributed by atoms with E-state index in [1.54, 1.807) is 0 Å². The molecule has 3 aromatic rings. The normalized spacial score (nSPS) is 12.0. The highest BCUT2D eigenvalue weighted by Gasteiger charge is 2.07. The predicted octanol–water partition coefficient (Wildman–Crippen LogP) is 4.87. The zero-order valence-corrected chi connectivity index (χ0v) is 14.1. The van der Waals surface area contributed by atoms with Gasteiger partial charge in [0.05, 0.1) is 9.26 Å². The maximum absolute atomic E-state index is 5.84. The summed E-state index contributed by atoms with van der Waals surface area (Å²) in [6.45, 7) is 0. The number of halogens is 2. The minimum absolute atomic E-state index is 0.659. The smallest absolute Gasteiger partial charge is 0.228 e. The second-order valence-electron chi connectivity index (χ2n) is 3.99. The van der Waals surface area contributed by atoms with E-state index in [0.29, 0.717) is 5.55 Å². The van der Waals surface area contributed by atoms with Crippen molar-refractivity contribution in [1.82, 2.24) is 0 Å². The molecule has 2 aromatic carbocycles. The van der Waals surface area contributed by atoms with Gasteiger partial charge in [0, 0.05) is 33.4 Å². The second-order valence-corrected chi connectivity index (χ2v) is 6.05. The number of hydrogen-bond donors (Lipinski definition) is 0. The lowest BCUT2D eigenvalue weighted by Gasteiger charge is -2.03. The van der Waals surface area contributed by atoms with Gasteiger partial charge in [0.25, 0.3) is 0 Å². The third kappa shape index (κ3) is 2.69. The monoisotopic (exact) mass is 473 g/mol. The summed E-state index contributed by atoms with van der Waals surface area (Å²) in [5.74, 6) is 0. The van der Waals surface area contributed by atoms with Crippen LogP contribution in [0.25, 0.3) is 10.8 Å². The molecule has 0 aliphatic carbocycles. The maximum atomic E-state index is 5.84. The summed E-state index contributed by atoms with van der Waals surface area (Å²) in [5, 5.41) is 2.21. The Bertz CT molecular complexity index is 794. The van der Waals surface area contributed by atoms with E-state index in [4.69, 9.17) is 4.42 Å². The van der Waals surface area contributed by atoms with Gasteiger partial charge < -0.3 is 4.42 Å². The summed E-state index contributed by atoms with van der Waals surface area (Å²) in [7, 11) is 0. The summed E-state index contributed by atoms with van der Waals surface area (Å²) in [6, 6.07) is 18.0. The molecule has 0 bridgehead atoms. The Hall–Kier alpha value is -0.890. The number of hydrogen-bond acceptors (Lipinski definition) is 2. The van der Waals surface area contributed by atoms with Crippen LogP contribution < -0.4 is 5.55 Å². The Morgan fingerprint density at radius 1 is 0.789 bits per heavy atom. The van der Waals surface area contributed by atoms with Crippen LogP contribution in [0, 0.1) is 7.34 Å². The summed E-state index contributed by atoms with van der Waals surface area (Å²) in [6.07, 6.45) is 0. The van der Waals surface area contributed by atoms with E-state index in [0.717, 1.165) is 18.4 Å². The van der Waals surface area contributed by atoms with Gasteiger partial charge in [-0.1, -0.05) is 36.4 Å². The first-order valence-corrected chi connectivity index (χ1v) is 7.88. The van der Waals surface area contributed by atoms with E-state index in [-0.39, 0.29) is 0 Å². The van der Waals surface area contributed by atoms with Crippen LogP contribution in [-0.2, 0) is 0 Å². The Balaban J connectivity index is 2.36. The minimum Gasteiger partial charge on any atom is -0.431 e. The first-order valence-electron chi connectivity index (χ1n) is 5.72. The van der Waals surface area contributed by atoms with Crippen molar-refractivity contribution in [3.05, 3.63) is 67.5 Å². The molecule has 0 aliphatic heterocycles. The Labute approximate surface area is 137 Å². The zero-order chi connectivity index (χ0) is 13.2. The van der Waals surface area contributed by atoms with Crippen LogP contribution in [-0.4, -0.2) is 0 Å². The van der Waals surface area contributed by atoms with Crippen LogP contribution in [0.2, 0.25) is 0 Å². The van der Waals surface area contributed by atoms with Gasteiger partial charge in [-0.2, -0.15) is 0 Å². The molecule has 0 radical (unpaired) electrons. The molecule has 0 spiro atoms. The van der Waals surface area contributed by atoms with E-state index >= 15 is 0 Å². The van der Waals surface area contributed by atoms with Crippen molar-refractivity contribution in [2.75, 3.05) is 0 Å². The SMILES string of the molecule is Ic1oc(=Nc2ccccc2)c2ccccc2c1I. The molecule has 1 heterocycles. The molecule has 19 heavy (non-hydrogen) atoms. The van der Waals surface area contributed by atoms with Crippen molar-refractivity contribution in [1.29, 1.82) is 0 Å². The Kier molecular flexibility index (Phi) is 3.88. The van der Waals surface area contributed by atoms with Gasteiger partial charge in [-0.3, -0.25) is 0 Å². The molecule has 94 valence electrons. The average molecular weight is 473 g/mol. The third-order valence-electron chi connectivity index (χ3n) is 2.74. The van der Waals surface area contributed by atoms with E-state index in [2.05, 4.69) is 56.2 Å². The van der Waals surface area contributed by atoms with Gasteiger partial charge in [0.1, 0.15) is 0 Å². The van der Waals surface area contributed by atoms with E-state index in [9.17, 15) is 0 Å². The van der Waals surface area contributed by atoms with Crippen molar-refractivity contribution in [3.63, 3.8) is 0 Å². The number of nitrogens with zero attached hydrogens (tertiary/aromatic N) is 1. The minimum atomic E-state index is 0.659. The molecular formula is C15H9I2NO. The van der Waals surface area contributed by atoms with Crippen molar-refractivity contribution in [3.8, 4) is 0 Å². The number of rotatable bonds is 1. The fourth-order valence-electron chi connectivity index (χ4n) is 1.85. The maximum Gasteiger partial charge on any atom is 0.228 e. The predicted molar refractivity (Wildman–Crippen MR) is 93.3 cm³/mol. The number of benzene rings is 2. The fraction of sp³-hybridized carbons (Fsp3) is 0. The van der Waals surface area contributed by atoms with Gasteiger partial charge in [0.2, 0.25) is 5.55 Å². The average Bonchev–Trinajstić information content (AvgIpc) is 2.46. The molecule has 4 heteroatoms. The van der Waals surface area contributed by atoms with Gasteiger partial charge in [-0.05, 0) is 40.8 Å². The molecule has 0 aliphatic rings. The fourth-order valence-corrected chi connectivity index (χ4v) is 2.93. The van der Waals surface area contributed by atoms with Crippen LogP contribution in [0.1, 0.15) is 0 Å². The second kappa shape index (κ2) is 5.62. The van der Waals surface area contributed by atoms with Crippen LogP contribution in [0.15, 0.2) is 64.0 Å². The molecule has 0 amide bonds. The molecule has 0 saturated heterocycles. The van der Waals surface area contributed by atoms with Crippen LogP contribution in [0.4, 0.5) is 5.69 Å². The van der Waals surface area contributed by atoms with Crippen LogP contribution in [0.5, 0.6) is 0 Å². The Morgan fingerprint density at radius 2 is 1.42 bits per heavy atom. The summed E-state index contributed by atoms with van der Waals surface area (Å²) >= 11 is 4.51. The van der Waals surface area contributed by atoms with Crippen LogP contribution >= 0.6 is 45.2 Å². The van der Waals surface area contributed by atoms with Gasteiger partial charge in [-0.15, -0.1) is 0 Å². The molecule has 0 atom stereocenters. The first kappa shape index (κ1) is 13.1. The van der Waals surface area contributed by atoms with Gasteiger partial charge in [-0.25, -0.2) is 4.99 Å². The molecule has 1 aromatic heterocycles. The van der Waals surface area contributed by atoms with Crippen molar-refractivity contribution in [2.45, 2.75) is 0 Å². The largest absolute Gasteiger partial charge is 0.431 e. The standard InChI is InChI=1S/C15H9I2NO/c16-13-11-8-4-5-9-12(11)15(19-14(13)17)18-10-6-2-1-3-7-10/h1-9H. The highest BCUT2D eigenvalue weighted by atomic mass is 127. The first-order chi connectivity index (χ1) is 9.25. The van der Waals surface area contributed by atoms with Crippen molar-refractivity contribution < 1.29 is 4.42 Å². The third-order valence-corrected chi connectivity index (χ3v) is 5.60. The molecule has 0 N–H and O–H groups in total. The molecule has 0 unspecified atom stereocenters. The summed E-state index contributed by atoms with van der Waals surface area (Å²) in [5.41, 5.74) is 1.56. The topological polar surface area (TPSA) is 25.5 Å². The molecule has 0 fully saturated rings. The lowest BCUT2D eigenvalue weighted by Crippen LogP contribution is -2.05. The molecule has 2 nitrogen and oxygen atoms in total. The van der Waals surface area contributed by atoms with E-state index in [1.807, 2.05) is 48.5 Å². The highest BCUT2D eigenvalue weighted by molar-refractivity contribution is 14.1. The zero-order valence-electron chi connectivity index (χ0n) is 9.81. The van der Waals surface area contributed by atoms with Gasteiger partial charge >= 0.3 is 0 Å². The van der Waals surface area contributed by atoms with E-state index < -0.39 is 0 Å². The molecular weight excluding hydrogens is 464 g/mol. The number of fused-ring (bicyclic) bond motifs is 1. The Morgan fingerprint density at radius 3 is 2.16 bits per heavy atom. The van der Waals surface area contributed by atoms with Crippen molar-refractivity contribution >= 4 is 61.6 Å². The van der Waals surface area contributed by atoms with Gasteiger partial charge in [0.15, 0.2) is 3.77 Å². The quantitative estimate of drug-likeness (QED) is 0.464. The van der Waals surface area contributed by atoms with Crippen molar-refractivity contribution in [2.24, 2.45) is 4.99 Å². The summed E-state index contributed by atoms with van der Waals surface area (Å²) in [4.78, 5) is 4.60. The van der Waals surface area contributed by atoms with Crippen LogP contribution in [0.3, 0.4) is 0 Å². The molecule has 3 rings (SSSR count). The number of para-hydroxylation sites is 1. The lowest BCUT2D eigenvalue weighted by atomic mass is 10.2. The lowest BCUT2D eigenvalue weighted by molar-refractivity contribution is 0.475. The van der Waals surface area contributed by atoms with E-state index in [1.165, 1.54) is 5.39 Å². The summed E-state index contributed by atoms with van der Waals surface area (Å²) < 4.78 is 7.83. The molecule has 0 saturated carbocycles. The highest BCUT2D eigenvalue weighted by Crippen LogP contribution is 2.23.